The Bertz CT molecular complexity index is 560. The largest absolute Gasteiger partial charge is 0.497 e. The lowest BCUT2D eigenvalue weighted by Gasteiger charge is -2.33. The molecule has 0 bridgehead atoms. The molecule has 120 valence electrons. The molecule has 1 saturated heterocycles. The topological polar surface area (TPSA) is 66.8 Å². The summed E-state index contributed by atoms with van der Waals surface area (Å²) in [4.78, 5) is 26.6. The van der Waals surface area contributed by atoms with Gasteiger partial charge in [0.2, 0.25) is 5.91 Å². The maximum atomic E-state index is 12.6. The lowest BCUT2D eigenvalue weighted by Crippen LogP contribution is -2.52. The first-order chi connectivity index (χ1) is 10.4. The number of rotatable bonds is 5. The Kier molecular flexibility index (Phi) is 5.01. The Labute approximate surface area is 134 Å². The number of nitrogens with zero attached hydrogens (tertiary/aromatic N) is 1. The van der Waals surface area contributed by atoms with E-state index in [1.165, 1.54) is 16.7 Å². The van der Waals surface area contributed by atoms with Crippen LogP contribution in [-0.4, -0.2) is 46.3 Å². The SMILES string of the molecule is COc1ccc(SC(C)C(=O)N2CCCC2(C)C(=O)O)cc1. The molecule has 0 aromatic heterocycles. The Morgan fingerprint density at radius 1 is 1.36 bits per heavy atom. The minimum absolute atomic E-state index is 0.122. The second-order valence-corrected chi connectivity index (χ2v) is 7.02. The van der Waals surface area contributed by atoms with Crippen molar-refractivity contribution in [1.82, 2.24) is 4.90 Å². The second kappa shape index (κ2) is 6.60. The number of benzene rings is 1. The Morgan fingerprint density at radius 3 is 2.55 bits per heavy atom. The van der Waals surface area contributed by atoms with Crippen molar-refractivity contribution in [3.63, 3.8) is 0 Å². The first-order valence-electron chi connectivity index (χ1n) is 7.24. The fourth-order valence-corrected chi connectivity index (χ4v) is 3.60. The molecule has 22 heavy (non-hydrogen) atoms. The zero-order valence-electron chi connectivity index (χ0n) is 13.0. The van der Waals surface area contributed by atoms with Crippen LogP contribution in [0.4, 0.5) is 0 Å². The van der Waals surface area contributed by atoms with Crippen LogP contribution in [0.25, 0.3) is 0 Å². The summed E-state index contributed by atoms with van der Waals surface area (Å²) in [5.41, 5.74) is -1.08. The van der Waals surface area contributed by atoms with Gasteiger partial charge >= 0.3 is 5.97 Å². The third-order valence-corrected chi connectivity index (χ3v) is 5.19. The normalized spacial score (nSPS) is 22.4. The number of methoxy groups -OCH3 is 1. The van der Waals surface area contributed by atoms with E-state index in [4.69, 9.17) is 4.74 Å². The third-order valence-electron chi connectivity index (χ3n) is 4.09. The summed E-state index contributed by atoms with van der Waals surface area (Å²) in [5.74, 6) is -0.287. The highest BCUT2D eigenvalue weighted by Gasteiger charge is 2.46. The summed E-state index contributed by atoms with van der Waals surface area (Å²) in [7, 11) is 1.61. The summed E-state index contributed by atoms with van der Waals surface area (Å²) < 4.78 is 5.11. The average molecular weight is 323 g/mol. The molecule has 1 aliphatic heterocycles. The molecule has 2 rings (SSSR count). The van der Waals surface area contributed by atoms with Gasteiger partial charge in [-0.2, -0.15) is 0 Å². The molecule has 1 amide bonds. The lowest BCUT2D eigenvalue weighted by molar-refractivity contribution is -0.155. The number of likely N-dealkylation sites (tertiary alicyclic amines) is 1. The van der Waals surface area contributed by atoms with Gasteiger partial charge in [-0.3, -0.25) is 4.79 Å². The number of carboxylic acid groups (broad SMARTS) is 1. The predicted octanol–water partition coefficient (Wildman–Crippen LogP) is 2.64. The van der Waals surface area contributed by atoms with E-state index in [0.717, 1.165) is 17.1 Å². The fourth-order valence-electron chi connectivity index (χ4n) is 2.67. The molecule has 2 unspecified atom stereocenters. The molecule has 0 aliphatic carbocycles. The van der Waals surface area contributed by atoms with Crippen LogP contribution < -0.4 is 4.74 Å². The van der Waals surface area contributed by atoms with Crippen molar-refractivity contribution in [2.75, 3.05) is 13.7 Å². The van der Waals surface area contributed by atoms with E-state index in [1.807, 2.05) is 31.2 Å². The second-order valence-electron chi connectivity index (χ2n) is 5.61. The van der Waals surface area contributed by atoms with Crippen molar-refractivity contribution >= 4 is 23.6 Å². The molecule has 0 radical (unpaired) electrons. The smallest absolute Gasteiger partial charge is 0.329 e. The van der Waals surface area contributed by atoms with E-state index < -0.39 is 11.5 Å². The maximum Gasteiger partial charge on any atom is 0.329 e. The number of amides is 1. The summed E-state index contributed by atoms with van der Waals surface area (Å²) >= 11 is 1.43. The van der Waals surface area contributed by atoms with Crippen molar-refractivity contribution < 1.29 is 19.4 Å². The van der Waals surface area contributed by atoms with Gasteiger partial charge in [-0.1, -0.05) is 0 Å². The van der Waals surface area contributed by atoms with Gasteiger partial charge in [0.15, 0.2) is 0 Å². The van der Waals surface area contributed by atoms with E-state index in [1.54, 1.807) is 14.0 Å². The van der Waals surface area contributed by atoms with Crippen LogP contribution in [0, 0.1) is 0 Å². The molecular formula is C16H21NO4S. The Balaban J connectivity index is 2.06. The number of hydrogen-bond acceptors (Lipinski definition) is 4. The number of carboxylic acids is 1. The Morgan fingerprint density at radius 2 is 2.00 bits per heavy atom. The van der Waals surface area contributed by atoms with Gasteiger partial charge in [0, 0.05) is 11.4 Å². The molecule has 1 aromatic carbocycles. The zero-order valence-corrected chi connectivity index (χ0v) is 13.9. The van der Waals surface area contributed by atoms with Crippen LogP contribution in [0.1, 0.15) is 26.7 Å². The van der Waals surface area contributed by atoms with Crippen molar-refractivity contribution in [2.45, 2.75) is 42.4 Å². The molecule has 1 aromatic rings. The number of hydrogen-bond donors (Lipinski definition) is 1. The summed E-state index contributed by atoms with van der Waals surface area (Å²) in [5, 5.41) is 9.08. The van der Waals surface area contributed by atoms with E-state index in [0.29, 0.717) is 13.0 Å². The van der Waals surface area contributed by atoms with Crippen LogP contribution in [-0.2, 0) is 9.59 Å². The van der Waals surface area contributed by atoms with E-state index >= 15 is 0 Å². The Hall–Kier alpha value is -1.69. The van der Waals surface area contributed by atoms with Crippen LogP contribution in [0.15, 0.2) is 29.2 Å². The summed E-state index contributed by atoms with van der Waals surface area (Å²) in [6, 6.07) is 7.48. The summed E-state index contributed by atoms with van der Waals surface area (Å²) in [6.45, 7) is 3.96. The standard InChI is InChI=1S/C16H21NO4S/c1-11(22-13-7-5-12(21-3)6-8-13)14(18)17-10-4-9-16(17,2)15(19)20/h5-8,11H,4,9-10H2,1-3H3,(H,19,20). The van der Waals surface area contributed by atoms with Gasteiger partial charge in [0.05, 0.1) is 12.4 Å². The van der Waals surface area contributed by atoms with Crippen LogP contribution in [0.2, 0.25) is 0 Å². The van der Waals surface area contributed by atoms with E-state index in [2.05, 4.69) is 0 Å². The highest BCUT2D eigenvalue weighted by Crippen LogP contribution is 2.33. The molecule has 6 heteroatoms. The van der Waals surface area contributed by atoms with Gasteiger partial charge in [-0.25, -0.2) is 4.79 Å². The number of carbonyl (C=O) groups excluding carboxylic acids is 1. The van der Waals surface area contributed by atoms with Gasteiger partial charge in [0.25, 0.3) is 0 Å². The van der Waals surface area contributed by atoms with Crippen LogP contribution in [0.5, 0.6) is 5.75 Å². The minimum Gasteiger partial charge on any atom is -0.497 e. The molecule has 1 fully saturated rings. The zero-order chi connectivity index (χ0) is 16.3. The third kappa shape index (κ3) is 3.21. The van der Waals surface area contributed by atoms with Crippen LogP contribution >= 0.6 is 11.8 Å². The molecule has 1 N–H and O–H groups in total. The van der Waals surface area contributed by atoms with Crippen LogP contribution in [0.3, 0.4) is 0 Å². The van der Waals surface area contributed by atoms with E-state index in [-0.39, 0.29) is 11.2 Å². The van der Waals surface area contributed by atoms with Gasteiger partial charge in [-0.15, -0.1) is 11.8 Å². The first kappa shape index (κ1) is 16.7. The number of carbonyl (C=O) groups is 2. The molecule has 2 atom stereocenters. The predicted molar refractivity (Wildman–Crippen MR) is 85.3 cm³/mol. The van der Waals surface area contributed by atoms with Crippen molar-refractivity contribution in [3.05, 3.63) is 24.3 Å². The fraction of sp³-hybridized carbons (Fsp3) is 0.500. The van der Waals surface area contributed by atoms with Crippen molar-refractivity contribution in [3.8, 4) is 5.75 Å². The maximum absolute atomic E-state index is 12.6. The van der Waals surface area contributed by atoms with Gasteiger partial charge in [-0.05, 0) is 51.0 Å². The molecule has 5 nitrogen and oxygen atoms in total. The molecule has 0 saturated carbocycles. The molecule has 1 heterocycles. The molecule has 1 aliphatic rings. The van der Waals surface area contributed by atoms with Crippen molar-refractivity contribution in [2.24, 2.45) is 0 Å². The van der Waals surface area contributed by atoms with Crippen molar-refractivity contribution in [1.29, 1.82) is 0 Å². The molecule has 0 spiro atoms. The van der Waals surface area contributed by atoms with Gasteiger partial charge in [0.1, 0.15) is 11.3 Å². The summed E-state index contributed by atoms with van der Waals surface area (Å²) in [6.07, 6.45) is 1.24. The molecular weight excluding hydrogens is 302 g/mol. The first-order valence-corrected chi connectivity index (χ1v) is 8.12. The lowest BCUT2D eigenvalue weighted by atomic mass is 9.99. The highest BCUT2D eigenvalue weighted by atomic mass is 32.2. The minimum atomic E-state index is -1.08. The number of ether oxygens (including phenoxy) is 1. The number of thioether (sulfide) groups is 1. The quantitative estimate of drug-likeness (QED) is 0.844. The average Bonchev–Trinajstić information content (AvgIpc) is 2.90. The highest BCUT2D eigenvalue weighted by molar-refractivity contribution is 8.00. The number of aliphatic carboxylic acids is 1. The van der Waals surface area contributed by atoms with Gasteiger partial charge < -0.3 is 14.7 Å². The van der Waals surface area contributed by atoms with E-state index in [9.17, 15) is 14.7 Å². The monoisotopic (exact) mass is 323 g/mol.